The van der Waals surface area contributed by atoms with Gasteiger partial charge in [0.05, 0.1) is 0 Å². The summed E-state index contributed by atoms with van der Waals surface area (Å²) >= 11 is 4.82. The molecular weight excluding hydrogens is 430 g/mol. The summed E-state index contributed by atoms with van der Waals surface area (Å²) in [4.78, 5) is 29.2. The van der Waals surface area contributed by atoms with E-state index < -0.39 is 24.1 Å². The highest BCUT2D eigenvalue weighted by Crippen LogP contribution is 2.25. The average molecular weight is 452 g/mol. The van der Waals surface area contributed by atoms with Gasteiger partial charge in [-0.25, -0.2) is 14.6 Å². The Hall–Kier alpha value is -1.86. The lowest BCUT2D eigenvalue weighted by Crippen LogP contribution is -2.32. The molecule has 27 heavy (non-hydrogen) atoms. The van der Waals surface area contributed by atoms with Gasteiger partial charge < -0.3 is 9.47 Å². The molecule has 0 bridgehead atoms. The van der Waals surface area contributed by atoms with Gasteiger partial charge in [0.1, 0.15) is 5.60 Å². The number of carbonyl (C=O) groups excluding carboxylic acids is 2. The summed E-state index contributed by atoms with van der Waals surface area (Å²) in [5, 5.41) is 0. The van der Waals surface area contributed by atoms with Gasteiger partial charge in [0.25, 0.3) is 0 Å². The number of hydrogen-bond acceptors (Lipinski definition) is 6. The minimum atomic E-state index is -0.704. The van der Waals surface area contributed by atoms with Crippen LogP contribution in [0.5, 0.6) is 0 Å². The fourth-order valence-corrected chi connectivity index (χ4v) is 3.77. The zero-order valence-electron chi connectivity index (χ0n) is 15.5. The van der Waals surface area contributed by atoms with Gasteiger partial charge >= 0.3 is 11.9 Å². The van der Waals surface area contributed by atoms with Crippen molar-refractivity contribution < 1.29 is 19.1 Å². The van der Waals surface area contributed by atoms with E-state index in [1.54, 1.807) is 6.07 Å². The molecule has 1 aromatic heterocycles. The Balaban J connectivity index is 1.92. The van der Waals surface area contributed by atoms with Gasteiger partial charge in [-0.15, -0.1) is 11.8 Å². The van der Waals surface area contributed by atoms with Crippen LogP contribution in [0.3, 0.4) is 0 Å². The fraction of sp³-hybridized carbons (Fsp3) is 0.350. The summed E-state index contributed by atoms with van der Waals surface area (Å²) in [6.45, 7) is 5.18. The highest BCUT2D eigenvalue weighted by atomic mass is 79.9. The zero-order valence-corrected chi connectivity index (χ0v) is 17.9. The molecule has 2 aromatic rings. The second kappa shape index (κ2) is 9.90. The topological polar surface area (TPSA) is 65.5 Å². The van der Waals surface area contributed by atoms with Crippen LogP contribution in [0.15, 0.2) is 52.0 Å². The molecular formula is C20H22BrNO4S. The molecule has 0 N–H and O–H groups in total. The number of ether oxygens (including phenoxy) is 2. The van der Waals surface area contributed by atoms with E-state index in [0.29, 0.717) is 11.3 Å². The number of pyridine rings is 1. The number of aromatic nitrogens is 1. The van der Waals surface area contributed by atoms with E-state index in [4.69, 9.17) is 9.47 Å². The summed E-state index contributed by atoms with van der Waals surface area (Å²) in [5.41, 5.74) is 0.554. The number of halogens is 1. The van der Waals surface area contributed by atoms with Gasteiger partial charge in [0.15, 0.2) is 12.3 Å². The van der Waals surface area contributed by atoms with Crippen LogP contribution in [0.1, 0.15) is 36.8 Å². The Morgan fingerprint density at radius 3 is 2.59 bits per heavy atom. The predicted octanol–water partition coefficient (Wildman–Crippen LogP) is 4.68. The fourth-order valence-electron chi connectivity index (χ4n) is 2.49. The number of thioether (sulfide) groups is 1. The van der Waals surface area contributed by atoms with Crippen LogP contribution < -0.4 is 0 Å². The van der Waals surface area contributed by atoms with Crippen molar-refractivity contribution >= 4 is 39.6 Å². The Kier molecular flexibility index (Phi) is 7.86. The number of carbonyl (C=O) groups is 2. The number of rotatable bonds is 8. The Morgan fingerprint density at radius 1 is 1.22 bits per heavy atom. The van der Waals surface area contributed by atoms with Gasteiger partial charge in [0.2, 0.25) is 0 Å². The maximum atomic E-state index is 12.3. The maximum absolute atomic E-state index is 12.3. The van der Waals surface area contributed by atoms with Gasteiger partial charge in [-0.1, -0.05) is 37.3 Å². The largest absolute Gasteiger partial charge is 0.457 e. The van der Waals surface area contributed by atoms with Crippen molar-refractivity contribution in [3.05, 3.63) is 58.3 Å². The van der Waals surface area contributed by atoms with Crippen molar-refractivity contribution in [1.82, 2.24) is 4.98 Å². The van der Waals surface area contributed by atoms with E-state index in [1.165, 1.54) is 18.0 Å². The second-order valence-electron chi connectivity index (χ2n) is 6.41. The Bertz CT molecular complexity index is 796. The molecule has 144 valence electrons. The van der Waals surface area contributed by atoms with Crippen molar-refractivity contribution in [1.29, 1.82) is 0 Å². The van der Waals surface area contributed by atoms with Crippen LogP contribution in [-0.4, -0.2) is 34.9 Å². The molecule has 0 aliphatic heterocycles. The first-order chi connectivity index (χ1) is 12.8. The predicted molar refractivity (Wildman–Crippen MR) is 109 cm³/mol. The summed E-state index contributed by atoms with van der Waals surface area (Å²) in [6.07, 6.45) is 2.09. The van der Waals surface area contributed by atoms with Crippen LogP contribution in [0.2, 0.25) is 0 Å². The van der Waals surface area contributed by atoms with Gasteiger partial charge in [-0.3, -0.25) is 0 Å². The van der Waals surface area contributed by atoms with E-state index >= 15 is 0 Å². The molecule has 0 amide bonds. The highest BCUT2D eigenvalue weighted by molar-refractivity contribution is 9.10. The molecule has 0 atom stereocenters. The molecule has 0 fully saturated rings. The Labute approximate surface area is 172 Å². The van der Waals surface area contributed by atoms with Gasteiger partial charge in [-0.05, 0) is 47.2 Å². The first-order valence-electron chi connectivity index (χ1n) is 8.52. The molecule has 5 nitrogen and oxygen atoms in total. The second-order valence-corrected chi connectivity index (χ2v) is 8.63. The lowest BCUT2D eigenvalue weighted by molar-refractivity contribution is -0.159. The summed E-state index contributed by atoms with van der Waals surface area (Å²) in [6, 6.07) is 11.6. The number of hydrogen-bond donors (Lipinski definition) is 0. The quantitative estimate of drug-likeness (QED) is 0.428. The molecule has 0 aliphatic carbocycles. The molecule has 1 aromatic carbocycles. The van der Waals surface area contributed by atoms with Crippen molar-refractivity contribution in [2.45, 2.75) is 37.7 Å². The van der Waals surface area contributed by atoms with E-state index in [2.05, 4.69) is 20.9 Å². The summed E-state index contributed by atoms with van der Waals surface area (Å²) in [5.74, 6) is -0.448. The van der Waals surface area contributed by atoms with Gasteiger partial charge in [0, 0.05) is 22.0 Å². The number of benzene rings is 1. The maximum Gasteiger partial charge on any atom is 0.358 e. The summed E-state index contributed by atoms with van der Waals surface area (Å²) in [7, 11) is 0. The van der Waals surface area contributed by atoms with Crippen LogP contribution >= 0.6 is 27.7 Å². The SMILES string of the molecule is CCSc1cc(Br)cnc1C(=O)OCC(=O)OC(C)(C)Cc1ccccc1. The molecule has 0 unspecified atom stereocenters. The highest BCUT2D eigenvalue weighted by Gasteiger charge is 2.25. The molecule has 0 saturated heterocycles. The molecule has 7 heteroatoms. The third kappa shape index (κ3) is 6.99. The molecule has 0 spiro atoms. The van der Waals surface area contributed by atoms with Crippen LogP contribution in [0.4, 0.5) is 0 Å². The smallest absolute Gasteiger partial charge is 0.358 e. The van der Waals surface area contributed by atoms with E-state index in [-0.39, 0.29) is 5.69 Å². The number of esters is 2. The minimum Gasteiger partial charge on any atom is -0.457 e. The van der Waals surface area contributed by atoms with Crippen molar-refractivity contribution in [2.24, 2.45) is 0 Å². The first-order valence-corrected chi connectivity index (χ1v) is 10.3. The minimum absolute atomic E-state index is 0.196. The summed E-state index contributed by atoms with van der Waals surface area (Å²) < 4.78 is 11.4. The Morgan fingerprint density at radius 2 is 1.93 bits per heavy atom. The van der Waals surface area contributed by atoms with E-state index in [9.17, 15) is 9.59 Å². The number of nitrogens with zero attached hydrogens (tertiary/aromatic N) is 1. The standard InChI is InChI=1S/C20H22BrNO4S/c1-4-27-16-10-15(21)12-22-18(16)19(24)25-13-17(23)26-20(2,3)11-14-8-6-5-7-9-14/h5-10,12H,4,11,13H2,1-3H3. The van der Waals surface area contributed by atoms with Gasteiger partial charge in [-0.2, -0.15) is 0 Å². The third-order valence-corrected chi connectivity index (χ3v) is 4.84. The third-order valence-electron chi connectivity index (χ3n) is 3.50. The van der Waals surface area contributed by atoms with Crippen LogP contribution in [0, 0.1) is 0 Å². The molecule has 0 saturated carbocycles. The van der Waals surface area contributed by atoms with E-state index in [0.717, 1.165) is 15.8 Å². The van der Waals surface area contributed by atoms with Crippen molar-refractivity contribution in [3.63, 3.8) is 0 Å². The molecule has 0 radical (unpaired) electrons. The van der Waals surface area contributed by atoms with Crippen LogP contribution in [-0.2, 0) is 20.7 Å². The first kappa shape index (κ1) is 21.4. The zero-order chi connectivity index (χ0) is 19.9. The van der Waals surface area contributed by atoms with Crippen LogP contribution in [0.25, 0.3) is 0 Å². The molecule has 1 heterocycles. The lowest BCUT2D eigenvalue weighted by Gasteiger charge is -2.25. The van der Waals surface area contributed by atoms with E-state index in [1.807, 2.05) is 51.1 Å². The molecule has 0 aliphatic rings. The lowest BCUT2D eigenvalue weighted by atomic mass is 9.98. The normalized spacial score (nSPS) is 11.1. The monoisotopic (exact) mass is 451 g/mol. The average Bonchev–Trinajstić information content (AvgIpc) is 2.60. The van der Waals surface area contributed by atoms with Crippen molar-refractivity contribution in [2.75, 3.05) is 12.4 Å². The molecule has 2 rings (SSSR count). The van der Waals surface area contributed by atoms with Crippen molar-refractivity contribution in [3.8, 4) is 0 Å².